The Morgan fingerprint density at radius 3 is 2.79 bits per heavy atom. The van der Waals surface area contributed by atoms with Crippen molar-refractivity contribution in [2.45, 2.75) is 58.0 Å². The van der Waals surface area contributed by atoms with Crippen LogP contribution in [-0.2, 0) is 9.53 Å². The summed E-state index contributed by atoms with van der Waals surface area (Å²) < 4.78 is 5.24. The van der Waals surface area contributed by atoms with Crippen LogP contribution in [0.2, 0.25) is 0 Å². The van der Waals surface area contributed by atoms with E-state index in [1.807, 2.05) is 6.92 Å². The van der Waals surface area contributed by atoms with Crippen LogP contribution in [0, 0.1) is 11.8 Å². The fourth-order valence-corrected chi connectivity index (χ4v) is 3.77. The maximum atomic E-state index is 12.1. The number of nitrogens with zero attached hydrogens (tertiary/aromatic N) is 1. The van der Waals surface area contributed by atoms with E-state index < -0.39 is 0 Å². The number of ether oxygens (including phenoxy) is 1. The normalized spacial score (nSPS) is 32.9. The Morgan fingerprint density at radius 2 is 2.16 bits per heavy atom. The van der Waals surface area contributed by atoms with Gasteiger partial charge in [0.05, 0.1) is 6.61 Å². The van der Waals surface area contributed by atoms with E-state index in [2.05, 4.69) is 11.8 Å². The minimum Gasteiger partial charge on any atom is -0.465 e. The van der Waals surface area contributed by atoms with Crippen molar-refractivity contribution in [2.75, 3.05) is 19.7 Å². The second-order valence-corrected chi connectivity index (χ2v) is 6.03. The maximum Gasteiger partial charge on any atom is 0.323 e. The van der Waals surface area contributed by atoms with Crippen LogP contribution < -0.4 is 5.73 Å². The molecule has 0 aromatic heterocycles. The van der Waals surface area contributed by atoms with Crippen molar-refractivity contribution in [1.29, 1.82) is 0 Å². The molecule has 2 fully saturated rings. The van der Waals surface area contributed by atoms with Crippen molar-refractivity contribution in [3.63, 3.8) is 0 Å². The minimum atomic E-state index is -0.0530. The van der Waals surface area contributed by atoms with Crippen molar-refractivity contribution in [2.24, 2.45) is 17.6 Å². The van der Waals surface area contributed by atoms with E-state index >= 15 is 0 Å². The zero-order valence-electron chi connectivity index (χ0n) is 12.3. The molecule has 4 heteroatoms. The van der Waals surface area contributed by atoms with Crippen molar-refractivity contribution in [3.05, 3.63) is 0 Å². The van der Waals surface area contributed by atoms with Crippen LogP contribution in [0.3, 0.4) is 0 Å². The quantitative estimate of drug-likeness (QED) is 0.772. The first-order valence-corrected chi connectivity index (χ1v) is 7.83. The van der Waals surface area contributed by atoms with Gasteiger partial charge in [0.2, 0.25) is 0 Å². The summed E-state index contributed by atoms with van der Waals surface area (Å²) in [7, 11) is 0. The van der Waals surface area contributed by atoms with Crippen molar-refractivity contribution >= 4 is 5.97 Å². The first-order valence-electron chi connectivity index (χ1n) is 7.83. The topological polar surface area (TPSA) is 55.6 Å². The number of likely N-dealkylation sites (tertiary alicyclic amines) is 1. The van der Waals surface area contributed by atoms with Gasteiger partial charge in [-0.05, 0) is 38.0 Å². The third kappa shape index (κ3) is 3.29. The Kier molecular flexibility index (Phi) is 5.22. The Hall–Kier alpha value is -0.610. The predicted octanol–water partition coefficient (Wildman–Crippen LogP) is 1.78. The average Bonchev–Trinajstić information content (AvgIpc) is 2.81. The van der Waals surface area contributed by atoms with E-state index in [1.165, 1.54) is 12.8 Å². The molecule has 0 bridgehead atoms. The molecule has 4 unspecified atom stereocenters. The smallest absolute Gasteiger partial charge is 0.323 e. The number of nitrogens with two attached hydrogens (primary N) is 1. The van der Waals surface area contributed by atoms with Crippen LogP contribution in [0.4, 0.5) is 0 Å². The Balaban J connectivity index is 2.01. The Labute approximate surface area is 116 Å². The van der Waals surface area contributed by atoms with Gasteiger partial charge < -0.3 is 10.5 Å². The fourth-order valence-electron chi connectivity index (χ4n) is 3.77. The molecule has 110 valence electrons. The first-order chi connectivity index (χ1) is 9.17. The van der Waals surface area contributed by atoms with Gasteiger partial charge in [-0.3, -0.25) is 9.69 Å². The van der Waals surface area contributed by atoms with Gasteiger partial charge in [0, 0.05) is 19.1 Å². The zero-order chi connectivity index (χ0) is 13.8. The molecule has 1 saturated carbocycles. The number of hydrogen-bond donors (Lipinski definition) is 1. The van der Waals surface area contributed by atoms with Gasteiger partial charge in [-0.25, -0.2) is 0 Å². The Morgan fingerprint density at radius 1 is 1.37 bits per heavy atom. The van der Waals surface area contributed by atoms with Gasteiger partial charge in [-0.2, -0.15) is 0 Å². The summed E-state index contributed by atoms with van der Waals surface area (Å²) in [5.74, 6) is 1.23. The van der Waals surface area contributed by atoms with Gasteiger partial charge in [-0.15, -0.1) is 0 Å². The van der Waals surface area contributed by atoms with E-state index in [-0.39, 0.29) is 12.0 Å². The SMILES string of the molecule is CCCC(C(=O)OCC)N1CC2CCCC(N)C2C1. The summed E-state index contributed by atoms with van der Waals surface area (Å²) in [5, 5.41) is 0. The first kappa shape index (κ1) is 14.8. The highest BCUT2D eigenvalue weighted by Crippen LogP contribution is 2.36. The van der Waals surface area contributed by atoms with Crippen LogP contribution in [-0.4, -0.2) is 42.6 Å². The molecule has 4 atom stereocenters. The van der Waals surface area contributed by atoms with Gasteiger partial charge in [0.15, 0.2) is 0 Å². The molecule has 2 rings (SSSR count). The summed E-state index contributed by atoms with van der Waals surface area (Å²) in [6.07, 6.45) is 5.58. The highest BCUT2D eigenvalue weighted by atomic mass is 16.5. The van der Waals surface area contributed by atoms with Crippen molar-refractivity contribution in [1.82, 2.24) is 4.90 Å². The zero-order valence-corrected chi connectivity index (χ0v) is 12.3. The van der Waals surface area contributed by atoms with Crippen molar-refractivity contribution < 1.29 is 9.53 Å². The second kappa shape index (κ2) is 6.71. The molecule has 2 aliphatic rings. The van der Waals surface area contributed by atoms with Crippen LogP contribution >= 0.6 is 0 Å². The number of carbonyl (C=O) groups excluding carboxylic acids is 1. The summed E-state index contributed by atoms with van der Waals surface area (Å²) in [6, 6.07) is 0.274. The van der Waals surface area contributed by atoms with E-state index in [0.717, 1.165) is 32.4 Å². The Bertz CT molecular complexity index is 309. The molecule has 0 amide bonds. The highest BCUT2D eigenvalue weighted by Gasteiger charge is 2.42. The third-order valence-electron chi connectivity index (χ3n) is 4.74. The van der Waals surface area contributed by atoms with Crippen LogP contribution in [0.5, 0.6) is 0 Å². The molecule has 0 aromatic rings. The summed E-state index contributed by atoms with van der Waals surface area (Å²) in [5.41, 5.74) is 6.25. The lowest BCUT2D eigenvalue weighted by atomic mass is 9.78. The molecule has 4 nitrogen and oxygen atoms in total. The largest absolute Gasteiger partial charge is 0.465 e. The lowest BCUT2D eigenvalue weighted by molar-refractivity contribution is -0.149. The van der Waals surface area contributed by atoms with Crippen LogP contribution in [0.1, 0.15) is 46.0 Å². The second-order valence-electron chi connectivity index (χ2n) is 6.03. The molecule has 19 heavy (non-hydrogen) atoms. The van der Waals surface area contributed by atoms with E-state index in [0.29, 0.717) is 24.5 Å². The van der Waals surface area contributed by atoms with Gasteiger partial charge >= 0.3 is 5.97 Å². The van der Waals surface area contributed by atoms with Crippen molar-refractivity contribution in [3.8, 4) is 0 Å². The molecular weight excluding hydrogens is 240 g/mol. The van der Waals surface area contributed by atoms with E-state index in [4.69, 9.17) is 10.5 Å². The molecule has 0 spiro atoms. The summed E-state index contributed by atoms with van der Waals surface area (Å²) >= 11 is 0. The van der Waals surface area contributed by atoms with E-state index in [1.54, 1.807) is 0 Å². The molecule has 1 heterocycles. The minimum absolute atomic E-state index is 0.0448. The number of hydrogen-bond acceptors (Lipinski definition) is 4. The van der Waals surface area contributed by atoms with Gasteiger partial charge in [0.25, 0.3) is 0 Å². The van der Waals surface area contributed by atoms with Gasteiger partial charge in [-0.1, -0.05) is 19.8 Å². The molecule has 0 aromatic carbocycles. The molecule has 0 radical (unpaired) electrons. The molecule has 1 aliphatic carbocycles. The predicted molar refractivity (Wildman–Crippen MR) is 75.7 cm³/mol. The average molecular weight is 268 g/mol. The third-order valence-corrected chi connectivity index (χ3v) is 4.74. The summed E-state index contributed by atoms with van der Waals surface area (Å²) in [4.78, 5) is 14.4. The standard InChI is InChI=1S/C15H28N2O2/c1-3-6-14(15(18)19-4-2)17-9-11-7-5-8-13(16)12(11)10-17/h11-14H,3-10,16H2,1-2H3. The lowest BCUT2D eigenvalue weighted by Crippen LogP contribution is -2.42. The number of rotatable bonds is 5. The molecule has 1 aliphatic heterocycles. The fraction of sp³-hybridized carbons (Fsp3) is 0.933. The maximum absolute atomic E-state index is 12.1. The lowest BCUT2D eigenvalue weighted by Gasteiger charge is -2.30. The molecular formula is C15H28N2O2. The van der Waals surface area contributed by atoms with E-state index in [9.17, 15) is 4.79 Å². The van der Waals surface area contributed by atoms with Gasteiger partial charge in [0.1, 0.15) is 6.04 Å². The number of fused-ring (bicyclic) bond motifs is 1. The monoisotopic (exact) mass is 268 g/mol. The van der Waals surface area contributed by atoms with Crippen LogP contribution in [0.15, 0.2) is 0 Å². The highest BCUT2D eigenvalue weighted by molar-refractivity contribution is 5.75. The number of esters is 1. The van der Waals surface area contributed by atoms with Crippen LogP contribution in [0.25, 0.3) is 0 Å². The summed E-state index contributed by atoms with van der Waals surface area (Å²) in [6.45, 7) is 6.48. The molecule has 2 N–H and O–H groups in total. The molecule has 1 saturated heterocycles. The number of carbonyl (C=O) groups is 1.